The molecule has 38 heavy (non-hydrogen) atoms. The van der Waals surface area contributed by atoms with Crippen LogP contribution in [0, 0.1) is 23.2 Å². The molecule has 8 heteroatoms. The van der Waals surface area contributed by atoms with E-state index < -0.39 is 11.9 Å². The smallest absolute Gasteiger partial charge is 0.433 e. The Kier molecular flexibility index (Phi) is 15.2. The van der Waals surface area contributed by atoms with Gasteiger partial charge in [-0.2, -0.15) is 18.4 Å². The summed E-state index contributed by atoms with van der Waals surface area (Å²) in [6.07, 6.45) is 5.57. The predicted octanol–water partition coefficient (Wildman–Crippen LogP) is 8.07. The van der Waals surface area contributed by atoms with E-state index >= 15 is 0 Å². The number of methoxy groups -OCH3 is 1. The fourth-order valence-corrected chi connectivity index (χ4v) is 4.21. The molecule has 210 valence electrons. The van der Waals surface area contributed by atoms with Crippen molar-refractivity contribution in [2.45, 2.75) is 72.0 Å². The van der Waals surface area contributed by atoms with Gasteiger partial charge in [0.15, 0.2) is 0 Å². The van der Waals surface area contributed by atoms with Crippen LogP contribution in [-0.4, -0.2) is 25.7 Å². The average Bonchev–Trinajstić information content (AvgIpc) is 2.92. The van der Waals surface area contributed by atoms with E-state index in [1.165, 1.54) is 58.2 Å². The highest BCUT2D eigenvalue weighted by Gasteiger charge is 2.33. The maximum Gasteiger partial charge on any atom is 0.433 e. The number of ether oxygens (including phenoxy) is 1. The summed E-state index contributed by atoms with van der Waals surface area (Å²) >= 11 is 0. The Bertz CT molecular complexity index is 1010. The molecule has 1 aliphatic carbocycles. The van der Waals surface area contributed by atoms with Crippen LogP contribution in [0.4, 0.5) is 18.9 Å². The van der Waals surface area contributed by atoms with Crippen molar-refractivity contribution in [3.63, 3.8) is 0 Å². The highest BCUT2D eigenvalue weighted by atomic mass is 19.4. The molecule has 0 spiro atoms. The Morgan fingerprint density at radius 2 is 1.74 bits per heavy atom. The largest absolute Gasteiger partial charge is 0.495 e. The van der Waals surface area contributed by atoms with Crippen molar-refractivity contribution in [3.8, 4) is 11.8 Å². The van der Waals surface area contributed by atoms with Gasteiger partial charge in [-0.25, -0.2) is 4.98 Å². The zero-order valence-electron chi connectivity index (χ0n) is 23.4. The zero-order chi connectivity index (χ0) is 28.6. The van der Waals surface area contributed by atoms with Gasteiger partial charge in [0, 0.05) is 0 Å². The zero-order valence-corrected chi connectivity index (χ0v) is 23.4. The number of nitrogens with one attached hydrogen (secondary N) is 2. The van der Waals surface area contributed by atoms with Gasteiger partial charge in [0.25, 0.3) is 0 Å². The SMILES string of the molecule is C=Cc1ccc(NCc2nc(C(F)(F)F)ccc2OC)c(C#N)c1.CCC.CCC1CCC(CNC)CC1. The van der Waals surface area contributed by atoms with E-state index in [1.807, 2.05) is 6.07 Å². The first-order valence-corrected chi connectivity index (χ1v) is 13.3. The molecule has 3 rings (SSSR count). The van der Waals surface area contributed by atoms with Crippen LogP contribution in [0.25, 0.3) is 6.08 Å². The molecule has 1 saturated carbocycles. The fraction of sp³-hybridized carbons (Fsp3) is 0.533. The van der Waals surface area contributed by atoms with E-state index in [2.05, 4.69) is 50.0 Å². The number of anilines is 1. The lowest BCUT2D eigenvalue weighted by atomic mass is 9.81. The second-order valence-corrected chi connectivity index (χ2v) is 9.38. The summed E-state index contributed by atoms with van der Waals surface area (Å²) in [5.41, 5.74) is 0.723. The number of nitriles is 1. The second-order valence-electron chi connectivity index (χ2n) is 9.38. The number of nitrogens with zero attached hydrogens (tertiary/aromatic N) is 2. The van der Waals surface area contributed by atoms with E-state index in [0.717, 1.165) is 23.5 Å². The number of rotatable bonds is 8. The molecule has 0 aliphatic heterocycles. The molecule has 0 atom stereocenters. The van der Waals surface area contributed by atoms with Gasteiger partial charge in [-0.3, -0.25) is 0 Å². The third-order valence-corrected chi connectivity index (χ3v) is 6.33. The molecule has 0 saturated heterocycles. The lowest BCUT2D eigenvalue weighted by Crippen LogP contribution is -2.23. The Morgan fingerprint density at radius 3 is 2.24 bits per heavy atom. The number of pyridine rings is 1. The summed E-state index contributed by atoms with van der Waals surface area (Å²) in [5.74, 6) is 2.25. The Balaban J connectivity index is 0.000000428. The molecular formula is C30H43F3N4O. The number of hydrogen-bond donors (Lipinski definition) is 2. The summed E-state index contributed by atoms with van der Waals surface area (Å²) in [6.45, 7) is 11.4. The van der Waals surface area contributed by atoms with Gasteiger partial charge in [-0.15, -0.1) is 0 Å². The third kappa shape index (κ3) is 11.1. The van der Waals surface area contributed by atoms with Crippen molar-refractivity contribution >= 4 is 11.8 Å². The number of alkyl halides is 3. The molecule has 1 fully saturated rings. The molecule has 0 bridgehead atoms. The van der Waals surface area contributed by atoms with Crippen molar-refractivity contribution in [1.82, 2.24) is 10.3 Å². The minimum absolute atomic E-state index is 0.0186. The molecule has 1 aromatic heterocycles. The molecule has 5 nitrogen and oxygen atoms in total. The molecule has 0 radical (unpaired) electrons. The fourth-order valence-electron chi connectivity index (χ4n) is 4.21. The van der Waals surface area contributed by atoms with E-state index in [0.29, 0.717) is 11.3 Å². The van der Waals surface area contributed by atoms with Gasteiger partial charge in [0.1, 0.15) is 23.2 Å². The van der Waals surface area contributed by atoms with Gasteiger partial charge in [0.05, 0.1) is 24.9 Å². The lowest BCUT2D eigenvalue weighted by Gasteiger charge is -2.27. The van der Waals surface area contributed by atoms with Crippen molar-refractivity contribution < 1.29 is 17.9 Å². The van der Waals surface area contributed by atoms with Gasteiger partial charge >= 0.3 is 6.18 Å². The second kappa shape index (κ2) is 17.5. The highest BCUT2D eigenvalue weighted by molar-refractivity contribution is 5.63. The lowest BCUT2D eigenvalue weighted by molar-refractivity contribution is -0.141. The van der Waals surface area contributed by atoms with Crippen LogP contribution < -0.4 is 15.4 Å². The molecule has 1 aromatic carbocycles. The molecule has 2 N–H and O–H groups in total. The van der Waals surface area contributed by atoms with Crippen LogP contribution in [0.1, 0.15) is 81.8 Å². The molecule has 2 aromatic rings. The number of halogens is 3. The monoisotopic (exact) mass is 532 g/mol. The minimum atomic E-state index is -4.54. The standard InChI is InChI=1S/C17H14F3N3O.C10H21N.C3H8/c1-3-11-4-5-13(12(8-11)9-21)22-10-14-15(24-2)6-7-16(23-14)17(18,19)20;1-3-9-4-6-10(7-5-9)8-11-2;1-3-2/h3-8,22H,1,10H2,2H3;9-11H,3-8H2,1-2H3;3H2,1-2H3. The molecule has 0 unspecified atom stereocenters. The first kappa shape index (κ1) is 33.0. The van der Waals surface area contributed by atoms with Crippen LogP contribution in [0.15, 0.2) is 36.9 Å². The maximum atomic E-state index is 12.8. The molecule has 1 heterocycles. The molecular weight excluding hydrogens is 489 g/mol. The van der Waals surface area contributed by atoms with E-state index in [9.17, 15) is 18.4 Å². The highest BCUT2D eigenvalue weighted by Crippen LogP contribution is 2.31. The summed E-state index contributed by atoms with van der Waals surface area (Å²) in [6, 6.07) is 9.15. The van der Waals surface area contributed by atoms with E-state index in [4.69, 9.17) is 4.74 Å². The van der Waals surface area contributed by atoms with Gasteiger partial charge in [-0.05, 0) is 68.1 Å². The van der Waals surface area contributed by atoms with Crippen LogP contribution >= 0.6 is 0 Å². The Labute approximate surface area is 226 Å². The van der Waals surface area contributed by atoms with Crippen molar-refractivity contribution in [2.75, 3.05) is 26.0 Å². The first-order valence-electron chi connectivity index (χ1n) is 13.3. The molecule has 0 amide bonds. The normalized spacial score (nSPS) is 16.6. The number of hydrogen-bond acceptors (Lipinski definition) is 5. The van der Waals surface area contributed by atoms with Crippen molar-refractivity contribution in [1.29, 1.82) is 5.26 Å². The third-order valence-electron chi connectivity index (χ3n) is 6.33. The number of benzene rings is 1. The Hall–Kier alpha value is -3.05. The van der Waals surface area contributed by atoms with Gasteiger partial charge in [0.2, 0.25) is 0 Å². The topological polar surface area (TPSA) is 70.0 Å². The Morgan fingerprint density at radius 1 is 1.11 bits per heavy atom. The summed E-state index contributed by atoms with van der Waals surface area (Å²) in [5, 5.41) is 15.4. The van der Waals surface area contributed by atoms with Crippen molar-refractivity contribution in [2.24, 2.45) is 11.8 Å². The van der Waals surface area contributed by atoms with Crippen LogP contribution in [-0.2, 0) is 12.7 Å². The van der Waals surface area contributed by atoms with E-state index in [-0.39, 0.29) is 18.0 Å². The maximum absolute atomic E-state index is 12.8. The van der Waals surface area contributed by atoms with Crippen LogP contribution in [0.2, 0.25) is 0 Å². The minimum Gasteiger partial charge on any atom is -0.495 e. The number of aromatic nitrogens is 1. The summed E-state index contributed by atoms with van der Waals surface area (Å²) in [7, 11) is 3.42. The average molecular weight is 533 g/mol. The summed E-state index contributed by atoms with van der Waals surface area (Å²) in [4.78, 5) is 3.61. The van der Waals surface area contributed by atoms with Crippen LogP contribution in [0.5, 0.6) is 5.75 Å². The van der Waals surface area contributed by atoms with Gasteiger partial charge < -0.3 is 15.4 Å². The van der Waals surface area contributed by atoms with Gasteiger partial charge in [-0.1, -0.05) is 65.2 Å². The quantitative estimate of drug-likeness (QED) is 0.360. The van der Waals surface area contributed by atoms with Crippen molar-refractivity contribution in [3.05, 3.63) is 59.4 Å². The molecule has 1 aliphatic rings. The predicted molar refractivity (Wildman–Crippen MR) is 150 cm³/mol. The summed E-state index contributed by atoms with van der Waals surface area (Å²) < 4.78 is 43.4. The van der Waals surface area contributed by atoms with E-state index in [1.54, 1.807) is 24.3 Å². The first-order chi connectivity index (χ1) is 18.2. The van der Waals surface area contributed by atoms with Crippen LogP contribution in [0.3, 0.4) is 0 Å².